The minimum atomic E-state index is -0.201. The predicted molar refractivity (Wildman–Crippen MR) is 38.2 cm³/mol. The number of hydrogen-bond donors (Lipinski definition) is 1. The van der Waals surface area contributed by atoms with Crippen LogP contribution < -0.4 is 0 Å². The third-order valence-corrected chi connectivity index (χ3v) is 2.22. The summed E-state index contributed by atoms with van der Waals surface area (Å²) in [4.78, 5) is 0. The van der Waals surface area contributed by atoms with Gasteiger partial charge < -0.3 is 5.11 Å². The van der Waals surface area contributed by atoms with E-state index in [1.807, 2.05) is 0 Å². The van der Waals surface area contributed by atoms with Crippen LogP contribution in [0.4, 0.5) is 0 Å². The highest BCUT2D eigenvalue weighted by Gasteiger charge is 2.21. The van der Waals surface area contributed by atoms with E-state index in [1.54, 1.807) is 0 Å². The van der Waals surface area contributed by atoms with E-state index in [4.69, 9.17) is 5.26 Å². The summed E-state index contributed by atoms with van der Waals surface area (Å²) in [6.07, 6.45) is 4.57. The molecule has 1 aliphatic carbocycles. The molecule has 1 N–H and O–H groups in total. The lowest BCUT2D eigenvalue weighted by Crippen LogP contribution is -2.23. The topological polar surface area (TPSA) is 44.0 Å². The van der Waals surface area contributed by atoms with Gasteiger partial charge in [0.2, 0.25) is 0 Å². The third-order valence-electron chi connectivity index (χ3n) is 2.22. The van der Waals surface area contributed by atoms with Crippen LogP contribution in [0.5, 0.6) is 0 Å². The molecule has 0 aromatic carbocycles. The van der Waals surface area contributed by atoms with Gasteiger partial charge in [-0.15, -0.1) is 0 Å². The van der Waals surface area contributed by atoms with Gasteiger partial charge in [0.05, 0.1) is 12.2 Å². The number of hydrogen-bond acceptors (Lipinski definition) is 2. The van der Waals surface area contributed by atoms with Crippen LogP contribution in [0.15, 0.2) is 0 Å². The van der Waals surface area contributed by atoms with Crippen molar-refractivity contribution in [1.29, 1.82) is 5.26 Å². The molecule has 2 nitrogen and oxygen atoms in total. The van der Waals surface area contributed by atoms with E-state index in [1.165, 1.54) is 6.42 Å². The standard InChI is InChI=1S/C8H13NO/c9-6-5-7-3-1-2-4-8(7)10/h7-8,10H,1-5H2. The molecule has 10 heavy (non-hydrogen) atoms. The molecule has 2 atom stereocenters. The van der Waals surface area contributed by atoms with Crippen molar-refractivity contribution in [1.82, 2.24) is 0 Å². The summed E-state index contributed by atoms with van der Waals surface area (Å²) >= 11 is 0. The smallest absolute Gasteiger partial charge is 0.0625 e. The van der Waals surface area contributed by atoms with Crippen LogP contribution in [0.25, 0.3) is 0 Å². The fraction of sp³-hybridized carbons (Fsp3) is 0.875. The van der Waals surface area contributed by atoms with Crippen molar-refractivity contribution >= 4 is 0 Å². The van der Waals surface area contributed by atoms with E-state index in [2.05, 4.69) is 6.07 Å². The molecule has 0 radical (unpaired) electrons. The van der Waals surface area contributed by atoms with Crippen molar-refractivity contribution in [2.75, 3.05) is 0 Å². The van der Waals surface area contributed by atoms with Crippen molar-refractivity contribution < 1.29 is 5.11 Å². The molecule has 1 fully saturated rings. The van der Waals surface area contributed by atoms with Crippen LogP contribution in [-0.4, -0.2) is 11.2 Å². The predicted octanol–water partition coefficient (Wildman–Crippen LogP) is 1.45. The Morgan fingerprint density at radius 3 is 2.70 bits per heavy atom. The summed E-state index contributed by atoms with van der Waals surface area (Å²) in [6, 6.07) is 2.11. The molecule has 1 saturated carbocycles. The molecule has 0 bridgehead atoms. The highest BCUT2D eigenvalue weighted by atomic mass is 16.3. The Balaban J connectivity index is 2.34. The monoisotopic (exact) mass is 139 g/mol. The second kappa shape index (κ2) is 3.58. The van der Waals surface area contributed by atoms with Gasteiger partial charge in [0, 0.05) is 6.42 Å². The number of rotatable bonds is 1. The minimum Gasteiger partial charge on any atom is -0.393 e. The zero-order valence-electron chi connectivity index (χ0n) is 6.08. The number of aliphatic hydroxyl groups excluding tert-OH is 1. The fourth-order valence-corrected chi connectivity index (χ4v) is 1.54. The molecular formula is C8H13NO. The average Bonchev–Trinajstić information content (AvgIpc) is 1.94. The third kappa shape index (κ3) is 1.71. The van der Waals surface area contributed by atoms with Crippen LogP contribution in [0.3, 0.4) is 0 Å². The molecule has 0 saturated heterocycles. The van der Waals surface area contributed by atoms with Crippen molar-refractivity contribution in [3.63, 3.8) is 0 Å². The summed E-state index contributed by atoms with van der Waals surface area (Å²) in [5.41, 5.74) is 0. The highest BCUT2D eigenvalue weighted by Crippen LogP contribution is 2.26. The lowest BCUT2D eigenvalue weighted by Gasteiger charge is -2.24. The van der Waals surface area contributed by atoms with Gasteiger partial charge in [0.1, 0.15) is 0 Å². The Hall–Kier alpha value is -0.550. The molecule has 2 heteroatoms. The lowest BCUT2D eigenvalue weighted by atomic mass is 9.85. The van der Waals surface area contributed by atoms with Gasteiger partial charge in [0.15, 0.2) is 0 Å². The summed E-state index contributed by atoms with van der Waals surface area (Å²) < 4.78 is 0. The van der Waals surface area contributed by atoms with Crippen LogP contribution in [0, 0.1) is 17.2 Å². The summed E-state index contributed by atoms with van der Waals surface area (Å²) in [5.74, 6) is 0.263. The molecule has 56 valence electrons. The maximum Gasteiger partial charge on any atom is 0.0625 e. The van der Waals surface area contributed by atoms with Crippen LogP contribution >= 0.6 is 0 Å². The van der Waals surface area contributed by atoms with E-state index in [-0.39, 0.29) is 12.0 Å². The second-order valence-electron chi connectivity index (χ2n) is 2.97. The average molecular weight is 139 g/mol. The molecule has 2 unspecified atom stereocenters. The Kier molecular flexibility index (Phi) is 2.70. The SMILES string of the molecule is N#CCC1CCCCC1O. The lowest BCUT2D eigenvalue weighted by molar-refractivity contribution is 0.0722. The minimum absolute atomic E-state index is 0.201. The van der Waals surface area contributed by atoms with Crippen molar-refractivity contribution in [2.24, 2.45) is 5.92 Å². The Morgan fingerprint density at radius 2 is 2.10 bits per heavy atom. The van der Waals surface area contributed by atoms with Gasteiger partial charge in [0.25, 0.3) is 0 Å². The van der Waals surface area contributed by atoms with E-state index < -0.39 is 0 Å². The number of nitriles is 1. The Morgan fingerprint density at radius 1 is 1.40 bits per heavy atom. The largest absolute Gasteiger partial charge is 0.393 e. The van der Waals surface area contributed by atoms with Crippen LogP contribution in [0.2, 0.25) is 0 Å². The molecule has 0 spiro atoms. The van der Waals surface area contributed by atoms with Gasteiger partial charge in [-0.1, -0.05) is 12.8 Å². The summed E-state index contributed by atoms with van der Waals surface area (Å²) in [5, 5.41) is 17.7. The highest BCUT2D eigenvalue weighted by molar-refractivity contribution is 4.82. The first kappa shape index (κ1) is 7.56. The first-order valence-electron chi connectivity index (χ1n) is 3.89. The van der Waals surface area contributed by atoms with E-state index in [9.17, 15) is 5.11 Å². The summed E-state index contributed by atoms with van der Waals surface area (Å²) in [7, 11) is 0. The normalized spacial score (nSPS) is 33.2. The van der Waals surface area contributed by atoms with E-state index in [0.717, 1.165) is 19.3 Å². The maximum atomic E-state index is 9.35. The molecule has 0 heterocycles. The van der Waals surface area contributed by atoms with Gasteiger partial charge in [-0.2, -0.15) is 5.26 Å². The molecule has 1 rings (SSSR count). The van der Waals surface area contributed by atoms with Crippen LogP contribution in [0.1, 0.15) is 32.1 Å². The quantitative estimate of drug-likeness (QED) is 0.597. The van der Waals surface area contributed by atoms with Gasteiger partial charge in [-0.3, -0.25) is 0 Å². The van der Waals surface area contributed by atoms with E-state index >= 15 is 0 Å². The zero-order valence-corrected chi connectivity index (χ0v) is 6.08. The van der Waals surface area contributed by atoms with Gasteiger partial charge >= 0.3 is 0 Å². The molecule has 0 aromatic rings. The summed E-state index contributed by atoms with van der Waals surface area (Å²) in [6.45, 7) is 0. The Labute approximate surface area is 61.5 Å². The molecule has 0 amide bonds. The van der Waals surface area contributed by atoms with E-state index in [0.29, 0.717) is 6.42 Å². The van der Waals surface area contributed by atoms with Crippen molar-refractivity contribution in [2.45, 2.75) is 38.2 Å². The second-order valence-corrected chi connectivity index (χ2v) is 2.97. The Bertz CT molecular complexity index is 139. The maximum absolute atomic E-state index is 9.35. The van der Waals surface area contributed by atoms with Crippen LogP contribution in [-0.2, 0) is 0 Å². The zero-order chi connectivity index (χ0) is 7.40. The molecule has 0 aliphatic heterocycles. The number of nitrogens with zero attached hydrogens (tertiary/aromatic N) is 1. The first-order chi connectivity index (χ1) is 4.84. The first-order valence-corrected chi connectivity index (χ1v) is 3.89. The van der Waals surface area contributed by atoms with Crippen molar-refractivity contribution in [3.05, 3.63) is 0 Å². The fourth-order valence-electron chi connectivity index (χ4n) is 1.54. The van der Waals surface area contributed by atoms with Crippen molar-refractivity contribution in [3.8, 4) is 6.07 Å². The molecule has 0 aromatic heterocycles. The van der Waals surface area contributed by atoms with Gasteiger partial charge in [-0.25, -0.2) is 0 Å². The number of aliphatic hydroxyl groups is 1. The molecular weight excluding hydrogens is 126 g/mol. The van der Waals surface area contributed by atoms with Gasteiger partial charge in [-0.05, 0) is 18.8 Å². The molecule has 1 aliphatic rings.